The molecule has 3 fully saturated rings. The van der Waals surface area contributed by atoms with Crippen molar-refractivity contribution in [3.8, 4) is 5.75 Å². The fraction of sp³-hybridized carbons (Fsp3) is 0.581. The van der Waals surface area contributed by atoms with Gasteiger partial charge in [0.05, 0.1) is 29.3 Å². The van der Waals surface area contributed by atoms with Gasteiger partial charge in [-0.15, -0.1) is 0 Å². The zero-order chi connectivity index (χ0) is 32.9. The molecule has 3 aliphatic rings. The minimum absolute atomic E-state index is 0.0186. The molecule has 3 heterocycles. The maximum atomic E-state index is 14.3. The number of rotatable bonds is 8. The molecule has 2 bridgehead atoms. The summed E-state index contributed by atoms with van der Waals surface area (Å²) in [4.78, 5) is 65.9. The van der Waals surface area contributed by atoms with Crippen molar-refractivity contribution in [2.24, 2.45) is 17.3 Å². The third-order valence-corrected chi connectivity index (χ3v) is 9.23. The molecule has 244 valence electrons. The van der Waals surface area contributed by atoms with Gasteiger partial charge in [0.2, 0.25) is 0 Å². The van der Waals surface area contributed by atoms with Crippen LogP contribution in [0.25, 0.3) is 0 Å². The fourth-order valence-corrected chi connectivity index (χ4v) is 7.76. The van der Waals surface area contributed by atoms with Crippen LogP contribution in [-0.2, 0) is 42.9 Å². The van der Waals surface area contributed by atoms with Gasteiger partial charge in [-0.2, -0.15) is 0 Å². The van der Waals surface area contributed by atoms with Crippen LogP contribution in [0.15, 0.2) is 46.0 Å². The molecule has 8 atom stereocenters. The zero-order valence-electron chi connectivity index (χ0n) is 25.7. The van der Waals surface area contributed by atoms with Gasteiger partial charge in [0, 0.05) is 32.8 Å². The summed E-state index contributed by atoms with van der Waals surface area (Å²) in [5, 5.41) is 12.3. The summed E-state index contributed by atoms with van der Waals surface area (Å²) in [5.74, 6) is -6.77. The normalized spacial score (nSPS) is 34.6. The Morgan fingerprint density at radius 1 is 0.889 bits per heavy atom. The fourth-order valence-electron chi connectivity index (χ4n) is 7.76. The molecule has 1 aliphatic heterocycles. The number of furan rings is 2. The molecule has 2 aromatic heterocycles. The van der Waals surface area contributed by atoms with Gasteiger partial charge in [-0.3, -0.25) is 19.2 Å². The first kappa shape index (κ1) is 32.2. The molecule has 1 spiro atoms. The Morgan fingerprint density at radius 2 is 1.56 bits per heavy atom. The molecule has 2 aliphatic carbocycles. The van der Waals surface area contributed by atoms with E-state index < -0.39 is 88.8 Å². The van der Waals surface area contributed by atoms with Crippen LogP contribution < -0.4 is 4.74 Å². The SMILES string of the molecule is CC(=O)OC[C@]12[C@H](OC(C)=O)CC[C@](C)(O)[C@]13OC(C)(C)[C@H]([C@H](C(=O)Oc1ccoc1)[C@@H]2OC(=O)c1ccoc1)[C@H]3OC(C)=O. The molecule has 2 aromatic rings. The average molecular weight is 633 g/mol. The molecule has 1 saturated heterocycles. The highest BCUT2D eigenvalue weighted by atomic mass is 16.6. The topological polar surface area (TPSA) is 187 Å². The van der Waals surface area contributed by atoms with Crippen molar-refractivity contribution in [2.75, 3.05) is 6.61 Å². The van der Waals surface area contributed by atoms with E-state index in [-0.39, 0.29) is 24.2 Å². The number of hydrogen-bond acceptors (Lipinski definition) is 14. The van der Waals surface area contributed by atoms with Crippen LogP contribution in [0, 0.1) is 17.3 Å². The molecule has 5 rings (SSSR count). The van der Waals surface area contributed by atoms with E-state index in [0.29, 0.717) is 0 Å². The first-order valence-electron chi connectivity index (χ1n) is 14.4. The first-order chi connectivity index (χ1) is 21.1. The lowest BCUT2D eigenvalue weighted by Gasteiger charge is -2.65. The second-order valence-corrected chi connectivity index (χ2v) is 12.5. The Kier molecular flexibility index (Phi) is 8.11. The number of fused-ring (bicyclic) bond motifs is 1. The van der Waals surface area contributed by atoms with Crippen molar-refractivity contribution in [3.05, 3.63) is 42.7 Å². The summed E-state index contributed by atoms with van der Waals surface area (Å²) in [6, 6.07) is 2.73. The molecule has 2 saturated carbocycles. The smallest absolute Gasteiger partial charge is 0.341 e. The molecule has 14 heteroatoms. The van der Waals surface area contributed by atoms with Gasteiger partial charge in [0.15, 0.2) is 11.4 Å². The van der Waals surface area contributed by atoms with Crippen molar-refractivity contribution < 1.29 is 66.3 Å². The number of ether oxygens (including phenoxy) is 6. The van der Waals surface area contributed by atoms with E-state index >= 15 is 0 Å². The maximum Gasteiger partial charge on any atom is 0.341 e. The highest BCUT2D eigenvalue weighted by Crippen LogP contribution is 2.70. The second-order valence-electron chi connectivity index (χ2n) is 12.5. The van der Waals surface area contributed by atoms with Crippen LogP contribution >= 0.6 is 0 Å². The third kappa shape index (κ3) is 5.09. The van der Waals surface area contributed by atoms with E-state index in [2.05, 4.69) is 0 Å². The Bertz CT molecular complexity index is 1460. The minimum Gasteiger partial charge on any atom is -0.472 e. The van der Waals surface area contributed by atoms with Crippen LogP contribution in [0.2, 0.25) is 0 Å². The summed E-state index contributed by atoms with van der Waals surface area (Å²) in [5.41, 5.74) is -7.41. The minimum atomic E-state index is -2.07. The maximum absolute atomic E-state index is 14.3. The van der Waals surface area contributed by atoms with Gasteiger partial charge in [-0.25, -0.2) is 4.79 Å². The van der Waals surface area contributed by atoms with Gasteiger partial charge in [0.1, 0.15) is 48.8 Å². The zero-order valence-corrected chi connectivity index (χ0v) is 25.7. The Labute approximate surface area is 258 Å². The van der Waals surface area contributed by atoms with E-state index in [4.69, 9.17) is 37.3 Å². The van der Waals surface area contributed by atoms with E-state index in [1.165, 1.54) is 37.8 Å². The third-order valence-electron chi connectivity index (χ3n) is 9.23. The predicted molar refractivity (Wildman–Crippen MR) is 147 cm³/mol. The van der Waals surface area contributed by atoms with Crippen LogP contribution in [0.3, 0.4) is 0 Å². The van der Waals surface area contributed by atoms with Crippen molar-refractivity contribution in [3.63, 3.8) is 0 Å². The predicted octanol–water partition coefficient (Wildman–Crippen LogP) is 2.75. The van der Waals surface area contributed by atoms with Gasteiger partial charge in [-0.1, -0.05) is 0 Å². The van der Waals surface area contributed by atoms with Crippen LogP contribution in [-0.4, -0.2) is 76.7 Å². The molecular formula is C31H36O14. The molecule has 0 amide bonds. The number of aliphatic hydroxyl groups is 1. The van der Waals surface area contributed by atoms with Crippen LogP contribution in [0.1, 0.15) is 64.7 Å². The van der Waals surface area contributed by atoms with E-state index in [9.17, 15) is 29.1 Å². The van der Waals surface area contributed by atoms with Gasteiger partial charge < -0.3 is 42.4 Å². The monoisotopic (exact) mass is 632 g/mol. The van der Waals surface area contributed by atoms with Gasteiger partial charge in [-0.05, 0) is 39.7 Å². The van der Waals surface area contributed by atoms with Crippen LogP contribution in [0.4, 0.5) is 0 Å². The second kappa shape index (κ2) is 11.3. The lowest BCUT2D eigenvalue weighted by molar-refractivity contribution is -0.344. The highest BCUT2D eigenvalue weighted by molar-refractivity contribution is 5.89. The molecular weight excluding hydrogens is 596 g/mol. The average Bonchev–Trinajstić information content (AvgIpc) is 3.68. The van der Waals surface area contributed by atoms with Crippen molar-refractivity contribution in [1.29, 1.82) is 0 Å². The molecule has 0 radical (unpaired) electrons. The van der Waals surface area contributed by atoms with Crippen molar-refractivity contribution >= 4 is 29.8 Å². The highest BCUT2D eigenvalue weighted by Gasteiger charge is 2.87. The molecule has 1 N–H and O–H groups in total. The van der Waals surface area contributed by atoms with Crippen molar-refractivity contribution in [2.45, 2.75) is 89.5 Å². The summed E-state index contributed by atoms with van der Waals surface area (Å²) < 4.78 is 46.2. The Hall–Kier alpha value is -4.17. The summed E-state index contributed by atoms with van der Waals surface area (Å²) in [6.45, 7) is 7.47. The standard InChI is InChI=1S/C31H36O14/c1-16(32)40-15-30-21(41-17(2)33)7-10-29(6,37)31(30)25(42-18(3)34)23(28(4,5)45-31)22(27(36)43-20-9-12-39-14-20)24(30)44-26(35)19-8-11-38-13-19/h8-9,11-14,21-25,37H,7,10,15H2,1-6H3/t21-,22+,23-,24+,25-,29+,30-,31+/m1/s1. The Morgan fingerprint density at radius 3 is 2.13 bits per heavy atom. The molecule has 45 heavy (non-hydrogen) atoms. The lowest BCUT2D eigenvalue weighted by Crippen LogP contribution is -2.83. The largest absolute Gasteiger partial charge is 0.472 e. The van der Waals surface area contributed by atoms with Gasteiger partial charge >= 0.3 is 29.8 Å². The van der Waals surface area contributed by atoms with Crippen LogP contribution in [0.5, 0.6) is 5.75 Å². The first-order valence-corrected chi connectivity index (χ1v) is 14.4. The number of esters is 5. The number of carbonyl (C=O) groups is 5. The number of carbonyl (C=O) groups excluding carboxylic acids is 5. The Balaban J connectivity index is 1.85. The summed E-state index contributed by atoms with van der Waals surface area (Å²) >= 11 is 0. The van der Waals surface area contributed by atoms with E-state index in [0.717, 1.165) is 27.0 Å². The summed E-state index contributed by atoms with van der Waals surface area (Å²) in [7, 11) is 0. The molecule has 0 unspecified atom stereocenters. The molecule has 14 nitrogen and oxygen atoms in total. The van der Waals surface area contributed by atoms with Crippen molar-refractivity contribution in [1.82, 2.24) is 0 Å². The van der Waals surface area contributed by atoms with E-state index in [1.807, 2.05) is 0 Å². The van der Waals surface area contributed by atoms with Gasteiger partial charge in [0.25, 0.3) is 0 Å². The quantitative estimate of drug-likeness (QED) is 0.330. The summed E-state index contributed by atoms with van der Waals surface area (Å²) in [6.07, 6.45) is 0.390. The lowest BCUT2D eigenvalue weighted by atomic mass is 9.44. The number of hydrogen-bond donors (Lipinski definition) is 1. The molecule has 0 aromatic carbocycles. The van der Waals surface area contributed by atoms with E-state index in [1.54, 1.807) is 13.8 Å².